The van der Waals surface area contributed by atoms with Crippen LogP contribution in [-0.4, -0.2) is 17.0 Å². The van der Waals surface area contributed by atoms with Gasteiger partial charge in [-0.05, 0) is 12.0 Å². The van der Waals surface area contributed by atoms with E-state index in [4.69, 9.17) is 5.73 Å². The lowest BCUT2D eigenvalue weighted by molar-refractivity contribution is -0.120. The molecule has 0 saturated heterocycles. The van der Waals surface area contributed by atoms with Crippen LogP contribution in [0, 0.1) is 11.8 Å². The third kappa shape index (κ3) is 2.63. The summed E-state index contributed by atoms with van der Waals surface area (Å²) in [7, 11) is 1.97. The fraction of sp³-hybridized carbons (Fsp3) is 0.400. The van der Waals surface area contributed by atoms with Gasteiger partial charge in [0.1, 0.15) is 0 Å². The van der Waals surface area contributed by atoms with Crippen LogP contribution >= 0.6 is 0 Å². The number of aryl methyl sites for hydroxylation is 1. The van der Waals surface area contributed by atoms with Gasteiger partial charge in [0.15, 0.2) is 0 Å². The standard InChI is InChI=1S/C15H21N3O/c1-10(2)12(8-16)15(19)17-13-9-18(3)14-7-5-4-6-11(13)14/h4-7,9-10,12H,8,16H2,1-3H3,(H,17,19). The number of benzene rings is 1. The van der Waals surface area contributed by atoms with Crippen molar-refractivity contribution in [2.75, 3.05) is 11.9 Å². The Labute approximate surface area is 113 Å². The summed E-state index contributed by atoms with van der Waals surface area (Å²) in [5, 5.41) is 4.05. The van der Waals surface area contributed by atoms with E-state index in [0.29, 0.717) is 6.54 Å². The van der Waals surface area contributed by atoms with Gasteiger partial charge in [0, 0.05) is 30.7 Å². The number of carbonyl (C=O) groups excluding carboxylic acids is 1. The molecule has 1 unspecified atom stereocenters. The second-order valence-electron chi connectivity index (χ2n) is 5.25. The fourth-order valence-corrected chi connectivity index (χ4v) is 2.35. The molecule has 0 radical (unpaired) electrons. The molecule has 1 heterocycles. The van der Waals surface area contributed by atoms with Crippen LogP contribution in [0.4, 0.5) is 5.69 Å². The highest BCUT2D eigenvalue weighted by Crippen LogP contribution is 2.25. The van der Waals surface area contributed by atoms with Crippen molar-refractivity contribution in [3.8, 4) is 0 Å². The van der Waals surface area contributed by atoms with Gasteiger partial charge in [-0.25, -0.2) is 0 Å². The molecule has 0 spiro atoms. The highest BCUT2D eigenvalue weighted by molar-refractivity contribution is 6.02. The summed E-state index contributed by atoms with van der Waals surface area (Å²) in [6.07, 6.45) is 1.94. The topological polar surface area (TPSA) is 60.1 Å². The fourth-order valence-electron chi connectivity index (χ4n) is 2.35. The number of aromatic nitrogens is 1. The van der Waals surface area contributed by atoms with Crippen LogP contribution in [-0.2, 0) is 11.8 Å². The molecule has 0 aliphatic heterocycles. The zero-order valence-electron chi connectivity index (χ0n) is 11.7. The maximum atomic E-state index is 12.2. The summed E-state index contributed by atoms with van der Waals surface area (Å²) >= 11 is 0. The van der Waals surface area contributed by atoms with E-state index in [1.165, 1.54) is 0 Å². The molecule has 1 aromatic carbocycles. The van der Waals surface area contributed by atoms with Crippen molar-refractivity contribution in [1.82, 2.24) is 4.57 Å². The summed E-state index contributed by atoms with van der Waals surface area (Å²) in [4.78, 5) is 12.2. The third-order valence-corrected chi connectivity index (χ3v) is 3.55. The summed E-state index contributed by atoms with van der Waals surface area (Å²) in [6, 6.07) is 8.01. The smallest absolute Gasteiger partial charge is 0.229 e. The number of nitrogens with zero attached hydrogens (tertiary/aromatic N) is 1. The van der Waals surface area contributed by atoms with Gasteiger partial charge >= 0.3 is 0 Å². The average molecular weight is 259 g/mol. The molecule has 2 rings (SSSR count). The molecule has 0 aliphatic rings. The lowest BCUT2D eigenvalue weighted by Gasteiger charge is -2.17. The molecule has 0 bridgehead atoms. The molecule has 2 aromatic rings. The number of amides is 1. The molecular formula is C15H21N3O. The van der Waals surface area contributed by atoms with Crippen molar-refractivity contribution < 1.29 is 4.79 Å². The Balaban J connectivity index is 2.29. The number of rotatable bonds is 4. The Hall–Kier alpha value is -1.81. The van der Waals surface area contributed by atoms with Gasteiger partial charge in [-0.3, -0.25) is 4.79 Å². The number of hydrogen-bond acceptors (Lipinski definition) is 2. The molecule has 1 aromatic heterocycles. The van der Waals surface area contributed by atoms with E-state index in [1.54, 1.807) is 0 Å². The van der Waals surface area contributed by atoms with E-state index in [9.17, 15) is 4.79 Å². The van der Waals surface area contributed by atoms with E-state index < -0.39 is 0 Å². The molecule has 4 heteroatoms. The van der Waals surface area contributed by atoms with Crippen molar-refractivity contribution in [1.29, 1.82) is 0 Å². The first-order chi connectivity index (χ1) is 9.04. The van der Waals surface area contributed by atoms with Crippen LogP contribution in [0.2, 0.25) is 0 Å². The Kier molecular flexibility index (Phi) is 3.90. The van der Waals surface area contributed by atoms with E-state index in [0.717, 1.165) is 16.6 Å². The van der Waals surface area contributed by atoms with Gasteiger partial charge in [0.2, 0.25) is 5.91 Å². The first kappa shape index (κ1) is 13.6. The molecule has 0 saturated carbocycles. The van der Waals surface area contributed by atoms with Crippen LogP contribution in [0.25, 0.3) is 10.9 Å². The van der Waals surface area contributed by atoms with Crippen molar-refractivity contribution in [2.24, 2.45) is 24.6 Å². The van der Waals surface area contributed by atoms with E-state index >= 15 is 0 Å². The quantitative estimate of drug-likeness (QED) is 0.885. The van der Waals surface area contributed by atoms with Crippen molar-refractivity contribution in [2.45, 2.75) is 13.8 Å². The number of carbonyl (C=O) groups is 1. The minimum absolute atomic E-state index is 0.00569. The Bertz CT molecular complexity index is 586. The summed E-state index contributed by atoms with van der Waals surface area (Å²) in [5.41, 5.74) is 7.63. The molecule has 4 nitrogen and oxygen atoms in total. The molecule has 0 fully saturated rings. The van der Waals surface area contributed by atoms with Crippen molar-refractivity contribution in [3.63, 3.8) is 0 Å². The molecular weight excluding hydrogens is 238 g/mol. The first-order valence-electron chi connectivity index (χ1n) is 6.59. The second-order valence-corrected chi connectivity index (χ2v) is 5.25. The summed E-state index contributed by atoms with van der Waals surface area (Å²) in [6.45, 7) is 4.40. The van der Waals surface area contributed by atoms with E-state index in [1.807, 2.05) is 55.9 Å². The van der Waals surface area contributed by atoms with Crippen LogP contribution < -0.4 is 11.1 Å². The lowest BCUT2D eigenvalue weighted by Crippen LogP contribution is -2.32. The largest absolute Gasteiger partial charge is 0.348 e. The zero-order valence-corrected chi connectivity index (χ0v) is 11.7. The Morgan fingerprint density at radius 2 is 2.05 bits per heavy atom. The number of anilines is 1. The molecule has 1 atom stereocenters. The molecule has 3 N–H and O–H groups in total. The van der Waals surface area contributed by atoms with Crippen LogP contribution in [0.15, 0.2) is 30.5 Å². The van der Waals surface area contributed by atoms with E-state index in [-0.39, 0.29) is 17.7 Å². The Morgan fingerprint density at radius 3 is 2.68 bits per heavy atom. The van der Waals surface area contributed by atoms with Crippen molar-refractivity contribution >= 4 is 22.5 Å². The van der Waals surface area contributed by atoms with Crippen LogP contribution in [0.1, 0.15) is 13.8 Å². The van der Waals surface area contributed by atoms with Crippen LogP contribution in [0.3, 0.4) is 0 Å². The predicted molar refractivity (Wildman–Crippen MR) is 78.9 cm³/mol. The number of nitrogens with one attached hydrogen (secondary N) is 1. The predicted octanol–water partition coefficient (Wildman–Crippen LogP) is 2.35. The zero-order chi connectivity index (χ0) is 14.0. The first-order valence-corrected chi connectivity index (χ1v) is 6.59. The van der Waals surface area contributed by atoms with Gasteiger partial charge in [-0.1, -0.05) is 32.0 Å². The van der Waals surface area contributed by atoms with Gasteiger partial charge in [0.25, 0.3) is 0 Å². The SMILES string of the molecule is CC(C)C(CN)C(=O)Nc1cn(C)c2ccccc12. The number of hydrogen-bond donors (Lipinski definition) is 2. The minimum Gasteiger partial charge on any atom is -0.348 e. The average Bonchev–Trinajstić information content (AvgIpc) is 2.67. The molecule has 0 aliphatic carbocycles. The monoisotopic (exact) mass is 259 g/mol. The summed E-state index contributed by atoms with van der Waals surface area (Å²) < 4.78 is 2.01. The molecule has 1 amide bonds. The highest BCUT2D eigenvalue weighted by atomic mass is 16.1. The lowest BCUT2D eigenvalue weighted by atomic mass is 9.95. The van der Waals surface area contributed by atoms with Gasteiger partial charge < -0.3 is 15.6 Å². The third-order valence-electron chi connectivity index (χ3n) is 3.55. The summed E-state index contributed by atoms with van der Waals surface area (Å²) in [5.74, 6) is 0.0767. The van der Waals surface area contributed by atoms with Gasteiger partial charge in [-0.2, -0.15) is 0 Å². The maximum absolute atomic E-state index is 12.2. The van der Waals surface area contributed by atoms with Crippen LogP contribution in [0.5, 0.6) is 0 Å². The maximum Gasteiger partial charge on any atom is 0.229 e. The number of para-hydroxylation sites is 1. The van der Waals surface area contributed by atoms with Crippen molar-refractivity contribution in [3.05, 3.63) is 30.5 Å². The minimum atomic E-state index is -0.154. The molecule has 19 heavy (non-hydrogen) atoms. The highest BCUT2D eigenvalue weighted by Gasteiger charge is 2.21. The second kappa shape index (κ2) is 5.45. The van der Waals surface area contributed by atoms with Gasteiger partial charge in [-0.15, -0.1) is 0 Å². The normalized spacial score (nSPS) is 12.9. The molecule has 102 valence electrons. The Morgan fingerprint density at radius 1 is 1.37 bits per heavy atom. The van der Waals surface area contributed by atoms with E-state index in [2.05, 4.69) is 5.32 Å². The number of fused-ring (bicyclic) bond motifs is 1. The van der Waals surface area contributed by atoms with Gasteiger partial charge in [0.05, 0.1) is 11.6 Å². The number of nitrogens with two attached hydrogens (primary N) is 1.